The molecular weight excluding hydrogens is 428 g/mol. The number of ether oxygens (including phenoxy) is 1. The molecule has 0 aromatic carbocycles. The van der Waals surface area contributed by atoms with Crippen LogP contribution in [0.4, 0.5) is 0 Å². The van der Waals surface area contributed by atoms with Crippen molar-refractivity contribution < 1.29 is 4.74 Å². The van der Waals surface area contributed by atoms with Crippen LogP contribution in [0.2, 0.25) is 0 Å². The Bertz CT molecular complexity index is 892. The van der Waals surface area contributed by atoms with Gasteiger partial charge in [0, 0.05) is 12.6 Å². The standard InChI is InChI=1S/C32H52N2O/c1-22(7-8-24-14-18-34(6)21-23(24)2)28-11-12-29-30(28,3)15-13-26-19-25-9-10-27(33(4)5)20-31(25)16-17-32(26,29)35-31/h9,19,22-24,27-29H,7-8,10-18,20-21H2,1-6H3/t22-,23?,24?,27-,28-,29-,30-,31-,32-/m1/s1. The predicted octanol–water partition coefficient (Wildman–Crippen LogP) is 6.70. The molecule has 2 spiro atoms. The van der Waals surface area contributed by atoms with Gasteiger partial charge in [-0.25, -0.2) is 0 Å². The van der Waals surface area contributed by atoms with Crippen LogP contribution in [0.15, 0.2) is 23.3 Å². The molecular formula is C32H52N2O. The van der Waals surface area contributed by atoms with Gasteiger partial charge in [-0.2, -0.15) is 0 Å². The summed E-state index contributed by atoms with van der Waals surface area (Å²) in [6.07, 6.45) is 19.8. The average molecular weight is 481 g/mol. The second-order valence-corrected chi connectivity index (χ2v) is 14.5. The molecule has 3 aliphatic heterocycles. The summed E-state index contributed by atoms with van der Waals surface area (Å²) in [5.74, 6) is 4.26. The molecule has 2 saturated carbocycles. The number of hydrogen-bond acceptors (Lipinski definition) is 3. The Kier molecular flexibility index (Phi) is 6.14. The highest BCUT2D eigenvalue weighted by molar-refractivity contribution is 5.47. The number of hydrogen-bond donors (Lipinski definition) is 0. The van der Waals surface area contributed by atoms with Gasteiger partial charge in [0.1, 0.15) is 0 Å². The molecule has 6 aliphatic rings. The molecule has 3 nitrogen and oxygen atoms in total. The van der Waals surface area contributed by atoms with Crippen molar-refractivity contribution in [2.24, 2.45) is 35.0 Å². The summed E-state index contributed by atoms with van der Waals surface area (Å²) in [5.41, 5.74) is 3.73. The van der Waals surface area contributed by atoms with Crippen molar-refractivity contribution in [2.75, 3.05) is 34.2 Å². The molecule has 35 heavy (non-hydrogen) atoms. The predicted molar refractivity (Wildman–Crippen MR) is 145 cm³/mol. The average Bonchev–Trinajstić information content (AvgIpc) is 3.33. The normalized spacial score (nSPS) is 48.1. The molecule has 2 saturated heterocycles. The van der Waals surface area contributed by atoms with E-state index in [1.165, 1.54) is 89.3 Å². The minimum atomic E-state index is 0.00290. The lowest BCUT2D eigenvalue weighted by atomic mass is 9.55. The molecule has 9 atom stereocenters. The van der Waals surface area contributed by atoms with Crippen LogP contribution in [0.25, 0.3) is 0 Å². The van der Waals surface area contributed by atoms with Crippen LogP contribution in [-0.4, -0.2) is 61.3 Å². The number of piperidine rings is 1. The van der Waals surface area contributed by atoms with Crippen LogP contribution in [0, 0.1) is 35.0 Å². The minimum absolute atomic E-state index is 0.00290. The topological polar surface area (TPSA) is 15.7 Å². The number of rotatable bonds is 5. The van der Waals surface area contributed by atoms with Crippen molar-refractivity contribution in [2.45, 2.75) is 109 Å². The maximum atomic E-state index is 7.48. The van der Waals surface area contributed by atoms with Crippen LogP contribution < -0.4 is 0 Å². The van der Waals surface area contributed by atoms with Crippen molar-refractivity contribution in [3.63, 3.8) is 0 Å². The van der Waals surface area contributed by atoms with E-state index in [1.54, 1.807) is 5.57 Å². The summed E-state index contributed by atoms with van der Waals surface area (Å²) < 4.78 is 7.48. The zero-order chi connectivity index (χ0) is 24.6. The van der Waals surface area contributed by atoms with Crippen molar-refractivity contribution in [1.82, 2.24) is 9.80 Å². The first-order valence-electron chi connectivity index (χ1n) is 15.1. The molecule has 0 aromatic rings. The van der Waals surface area contributed by atoms with Crippen LogP contribution in [0.1, 0.15) is 91.4 Å². The van der Waals surface area contributed by atoms with Gasteiger partial charge in [0.15, 0.2) is 0 Å². The molecule has 2 unspecified atom stereocenters. The van der Waals surface area contributed by atoms with Gasteiger partial charge in [-0.05, 0) is 138 Å². The highest BCUT2D eigenvalue weighted by atomic mass is 16.5. The van der Waals surface area contributed by atoms with E-state index in [1.807, 2.05) is 0 Å². The van der Waals surface area contributed by atoms with Crippen molar-refractivity contribution in [3.8, 4) is 0 Å². The van der Waals surface area contributed by atoms with Crippen molar-refractivity contribution >= 4 is 0 Å². The van der Waals surface area contributed by atoms with E-state index >= 15 is 0 Å². The Hall–Kier alpha value is -0.640. The highest BCUT2D eigenvalue weighted by Gasteiger charge is 2.67. The quantitative estimate of drug-likeness (QED) is 0.436. The number of likely N-dealkylation sites (tertiary alicyclic amines) is 1. The van der Waals surface area contributed by atoms with Crippen molar-refractivity contribution in [1.29, 1.82) is 0 Å². The van der Waals surface area contributed by atoms with E-state index in [2.05, 4.69) is 63.9 Å². The summed E-state index contributed by atoms with van der Waals surface area (Å²) in [4.78, 5) is 4.96. The van der Waals surface area contributed by atoms with Gasteiger partial charge in [0.2, 0.25) is 0 Å². The fourth-order valence-electron chi connectivity index (χ4n) is 10.3. The maximum absolute atomic E-state index is 7.48. The largest absolute Gasteiger partial charge is 0.359 e. The monoisotopic (exact) mass is 480 g/mol. The molecule has 3 heteroatoms. The second kappa shape index (κ2) is 8.70. The zero-order valence-electron chi connectivity index (χ0n) is 23.6. The SMILES string of the molecule is CC1CN(C)CCC1CC[C@@H](C)[C@H]1CC[C@@H]2[C@]1(C)CCC1=CC3=CC[C@@H](N(C)C)C[C@]34CC[C@@]12O4. The van der Waals surface area contributed by atoms with Crippen LogP contribution in [-0.2, 0) is 4.74 Å². The summed E-state index contributed by atoms with van der Waals surface area (Å²) in [6.45, 7) is 10.4. The van der Waals surface area contributed by atoms with E-state index in [4.69, 9.17) is 4.74 Å². The molecule has 6 rings (SSSR count). The van der Waals surface area contributed by atoms with E-state index in [-0.39, 0.29) is 11.2 Å². The minimum Gasteiger partial charge on any atom is -0.359 e. The molecule has 0 aromatic heterocycles. The van der Waals surface area contributed by atoms with Crippen LogP contribution in [0.3, 0.4) is 0 Å². The van der Waals surface area contributed by atoms with E-state index in [9.17, 15) is 0 Å². The Labute approximate surface area is 215 Å². The van der Waals surface area contributed by atoms with Gasteiger partial charge in [-0.15, -0.1) is 0 Å². The Morgan fingerprint density at radius 1 is 1.17 bits per heavy atom. The third kappa shape index (κ3) is 3.76. The zero-order valence-corrected chi connectivity index (χ0v) is 23.6. The van der Waals surface area contributed by atoms with Gasteiger partial charge in [-0.3, -0.25) is 0 Å². The molecule has 196 valence electrons. The first-order chi connectivity index (χ1) is 16.7. The molecule has 0 amide bonds. The Morgan fingerprint density at radius 3 is 2.77 bits per heavy atom. The Balaban J connectivity index is 1.20. The fraction of sp³-hybridized carbons (Fsp3) is 0.875. The molecule has 0 radical (unpaired) electrons. The fourth-order valence-corrected chi connectivity index (χ4v) is 10.3. The second-order valence-electron chi connectivity index (χ2n) is 14.5. The lowest BCUT2D eigenvalue weighted by Crippen LogP contribution is -2.56. The first-order valence-corrected chi connectivity index (χ1v) is 15.1. The van der Waals surface area contributed by atoms with Gasteiger partial charge < -0.3 is 14.5 Å². The van der Waals surface area contributed by atoms with Crippen molar-refractivity contribution in [3.05, 3.63) is 23.3 Å². The lowest BCUT2D eigenvalue weighted by Gasteiger charge is -2.56. The van der Waals surface area contributed by atoms with Gasteiger partial charge >= 0.3 is 0 Å². The molecule has 3 heterocycles. The van der Waals surface area contributed by atoms with E-state index < -0.39 is 0 Å². The summed E-state index contributed by atoms with van der Waals surface area (Å²) in [5, 5.41) is 0. The highest BCUT2D eigenvalue weighted by Crippen LogP contribution is 2.69. The van der Waals surface area contributed by atoms with Gasteiger partial charge in [-0.1, -0.05) is 39.3 Å². The molecule has 2 bridgehead atoms. The lowest BCUT2D eigenvalue weighted by molar-refractivity contribution is -0.149. The summed E-state index contributed by atoms with van der Waals surface area (Å²) in [7, 11) is 6.80. The number of fused-ring (bicyclic) bond motifs is 1. The van der Waals surface area contributed by atoms with Gasteiger partial charge in [0.25, 0.3) is 0 Å². The summed E-state index contributed by atoms with van der Waals surface area (Å²) >= 11 is 0. The third-order valence-corrected chi connectivity index (χ3v) is 12.5. The molecule has 4 fully saturated rings. The molecule has 3 aliphatic carbocycles. The molecule has 0 N–H and O–H groups in total. The summed E-state index contributed by atoms with van der Waals surface area (Å²) in [6, 6.07) is 0.622. The smallest absolute Gasteiger partial charge is 0.0956 e. The van der Waals surface area contributed by atoms with E-state index in [0.717, 1.165) is 29.6 Å². The number of nitrogens with zero attached hydrogens (tertiary/aromatic N) is 2. The van der Waals surface area contributed by atoms with E-state index in [0.29, 0.717) is 11.5 Å². The first kappa shape index (κ1) is 24.7. The van der Waals surface area contributed by atoms with Crippen LogP contribution >= 0.6 is 0 Å². The van der Waals surface area contributed by atoms with Gasteiger partial charge in [0.05, 0.1) is 11.2 Å². The Morgan fingerprint density at radius 2 is 2.00 bits per heavy atom. The maximum Gasteiger partial charge on any atom is 0.0956 e. The van der Waals surface area contributed by atoms with Crippen LogP contribution in [0.5, 0.6) is 0 Å². The third-order valence-electron chi connectivity index (χ3n) is 12.5.